The van der Waals surface area contributed by atoms with Crippen molar-refractivity contribution >= 4 is 14.1 Å². The molecule has 2 rings (SSSR count). The van der Waals surface area contributed by atoms with E-state index in [-0.39, 0.29) is 22.9 Å². The Balaban J connectivity index is 2.21. The van der Waals surface area contributed by atoms with Crippen LogP contribution in [0.25, 0.3) is 0 Å². The van der Waals surface area contributed by atoms with E-state index in [1.54, 1.807) is 0 Å². The highest BCUT2D eigenvalue weighted by atomic mass is 28.3. The lowest BCUT2D eigenvalue weighted by atomic mass is 9.75. The second-order valence-electron chi connectivity index (χ2n) is 7.30. The van der Waals surface area contributed by atoms with Crippen molar-refractivity contribution in [2.75, 3.05) is 0 Å². The van der Waals surface area contributed by atoms with E-state index in [1.165, 1.54) is 0 Å². The zero-order valence-corrected chi connectivity index (χ0v) is 13.0. The minimum Gasteiger partial charge on any atom is -0.390 e. The maximum Gasteiger partial charge on any atom is 0.220 e. The summed E-state index contributed by atoms with van der Waals surface area (Å²) in [6.45, 7) is 11.0. The lowest BCUT2D eigenvalue weighted by Crippen LogP contribution is -2.75. The van der Waals surface area contributed by atoms with E-state index < -0.39 is 20.4 Å². The summed E-state index contributed by atoms with van der Waals surface area (Å²) in [7, 11) is -1.85. The molecule has 4 atom stereocenters. The molecule has 1 aliphatic carbocycles. The largest absolute Gasteiger partial charge is 0.390 e. The fraction of sp³-hybridized carbons (Fsp3) is 0.923. The number of amides is 1. The van der Waals surface area contributed by atoms with Gasteiger partial charge in [-0.25, -0.2) is 0 Å². The summed E-state index contributed by atoms with van der Waals surface area (Å²) in [5.41, 5.74) is 0. The number of aliphatic hydroxyl groups excluding tert-OH is 2. The monoisotopic (exact) mass is 271 g/mol. The standard InChI is InChI=1S/C13H25NO3Si/c1-13(2,3)18(4,5)14-9-7-11(16)10(15)6-8(9)12(14)17/h8-11,15-16H,6-7H2,1-5H3/t8-,9+,10?,11?/m0/s1. The van der Waals surface area contributed by atoms with Gasteiger partial charge in [-0.15, -0.1) is 0 Å². The van der Waals surface area contributed by atoms with Crippen molar-refractivity contribution in [1.29, 1.82) is 0 Å². The van der Waals surface area contributed by atoms with Gasteiger partial charge in [0.05, 0.1) is 18.1 Å². The van der Waals surface area contributed by atoms with E-state index in [0.717, 1.165) is 0 Å². The summed E-state index contributed by atoms with van der Waals surface area (Å²) in [6.07, 6.45) is -0.441. The average Bonchev–Trinajstić information content (AvgIpc) is 2.21. The molecule has 1 amide bonds. The highest BCUT2D eigenvalue weighted by Gasteiger charge is 2.59. The van der Waals surface area contributed by atoms with Crippen LogP contribution in [0.2, 0.25) is 18.1 Å². The first-order valence-electron chi connectivity index (χ1n) is 6.76. The number of β-lactam (4-membered cyclic amide) rings is 1. The first kappa shape index (κ1) is 14.0. The summed E-state index contributed by atoms with van der Waals surface area (Å²) in [5, 5.41) is 19.6. The summed E-state index contributed by atoms with van der Waals surface area (Å²) >= 11 is 0. The van der Waals surface area contributed by atoms with Crippen LogP contribution < -0.4 is 0 Å². The van der Waals surface area contributed by atoms with E-state index in [4.69, 9.17) is 0 Å². The normalized spacial score (nSPS) is 37.3. The summed E-state index contributed by atoms with van der Waals surface area (Å²) in [4.78, 5) is 12.3. The minimum absolute atomic E-state index is 0.0578. The van der Waals surface area contributed by atoms with Gasteiger partial charge in [-0.2, -0.15) is 0 Å². The van der Waals surface area contributed by atoms with Crippen LogP contribution in [0, 0.1) is 5.92 Å². The molecule has 1 saturated heterocycles. The van der Waals surface area contributed by atoms with Crippen molar-refractivity contribution in [3.8, 4) is 0 Å². The van der Waals surface area contributed by atoms with Crippen LogP contribution in [0.4, 0.5) is 0 Å². The molecule has 0 spiro atoms. The number of fused-ring (bicyclic) bond motifs is 1. The number of nitrogens with zero attached hydrogens (tertiary/aromatic N) is 1. The fourth-order valence-corrected chi connectivity index (χ4v) is 5.56. The smallest absolute Gasteiger partial charge is 0.220 e. The van der Waals surface area contributed by atoms with Gasteiger partial charge in [-0.3, -0.25) is 4.79 Å². The minimum atomic E-state index is -1.85. The molecular formula is C13H25NO3Si. The Hall–Kier alpha value is -0.393. The third-order valence-electron chi connectivity index (χ3n) is 5.21. The molecule has 2 N–H and O–H groups in total. The van der Waals surface area contributed by atoms with Crippen molar-refractivity contribution in [2.45, 2.75) is 70.0 Å². The zero-order valence-electron chi connectivity index (χ0n) is 12.0. The van der Waals surface area contributed by atoms with E-state index in [9.17, 15) is 15.0 Å². The Labute approximate surface area is 110 Å². The Morgan fingerprint density at radius 2 is 1.67 bits per heavy atom. The first-order chi connectivity index (χ1) is 8.07. The molecule has 18 heavy (non-hydrogen) atoms. The van der Waals surface area contributed by atoms with Gasteiger partial charge in [0.25, 0.3) is 0 Å². The van der Waals surface area contributed by atoms with Gasteiger partial charge in [0.15, 0.2) is 8.24 Å². The van der Waals surface area contributed by atoms with Gasteiger partial charge in [0.1, 0.15) is 0 Å². The zero-order chi connectivity index (χ0) is 13.9. The molecule has 104 valence electrons. The SMILES string of the molecule is CC(C)(C)[Si](C)(C)N1C(=O)[C@H]2CC(O)C(O)C[C@H]21. The van der Waals surface area contributed by atoms with Crippen molar-refractivity contribution in [1.82, 2.24) is 4.57 Å². The molecule has 2 unspecified atom stereocenters. The molecule has 1 saturated carbocycles. The van der Waals surface area contributed by atoms with E-state index in [0.29, 0.717) is 12.8 Å². The Morgan fingerprint density at radius 1 is 1.17 bits per heavy atom. The molecule has 5 heteroatoms. The van der Waals surface area contributed by atoms with Crippen LogP contribution >= 0.6 is 0 Å². The lowest BCUT2D eigenvalue weighted by molar-refractivity contribution is -0.161. The van der Waals surface area contributed by atoms with Gasteiger partial charge in [0.2, 0.25) is 5.91 Å². The van der Waals surface area contributed by atoms with Crippen molar-refractivity contribution in [3.05, 3.63) is 0 Å². The van der Waals surface area contributed by atoms with E-state index in [2.05, 4.69) is 38.4 Å². The fourth-order valence-electron chi connectivity index (χ4n) is 3.01. The van der Waals surface area contributed by atoms with Gasteiger partial charge in [-0.05, 0) is 17.9 Å². The number of carbonyl (C=O) groups is 1. The van der Waals surface area contributed by atoms with Crippen LogP contribution in [-0.4, -0.2) is 47.2 Å². The number of hydrogen-bond acceptors (Lipinski definition) is 3. The van der Waals surface area contributed by atoms with Crippen molar-refractivity contribution in [3.63, 3.8) is 0 Å². The highest BCUT2D eigenvalue weighted by Crippen LogP contribution is 2.48. The average molecular weight is 271 g/mol. The van der Waals surface area contributed by atoms with Crippen LogP contribution in [0.15, 0.2) is 0 Å². The van der Waals surface area contributed by atoms with Gasteiger partial charge < -0.3 is 14.8 Å². The highest BCUT2D eigenvalue weighted by molar-refractivity contribution is 6.80. The van der Waals surface area contributed by atoms with Crippen LogP contribution in [0.1, 0.15) is 33.6 Å². The topological polar surface area (TPSA) is 60.8 Å². The summed E-state index contributed by atoms with van der Waals surface area (Å²) < 4.78 is 2.06. The molecule has 0 aromatic heterocycles. The molecule has 1 heterocycles. The number of hydrogen-bond donors (Lipinski definition) is 2. The molecule has 2 aliphatic rings. The van der Waals surface area contributed by atoms with Crippen LogP contribution in [-0.2, 0) is 4.79 Å². The molecule has 0 radical (unpaired) electrons. The second-order valence-corrected chi connectivity index (χ2v) is 12.4. The van der Waals surface area contributed by atoms with Crippen LogP contribution in [0.3, 0.4) is 0 Å². The number of aliphatic hydroxyl groups is 2. The maximum atomic E-state index is 12.3. The molecular weight excluding hydrogens is 246 g/mol. The Morgan fingerprint density at radius 3 is 2.17 bits per heavy atom. The molecule has 1 aliphatic heterocycles. The third-order valence-corrected chi connectivity index (χ3v) is 10.6. The predicted octanol–water partition coefficient (Wildman–Crippen LogP) is 1.33. The summed E-state index contributed by atoms with van der Waals surface area (Å²) in [5.74, 6) is 0.134. The quantitative estimate of drug-likeness (QED) is 0.559. The molecule has 4 nitrogen and oxygen atoms in total. The van der Waals surface area contributed by atoms with Crippen LogP contribution in [0.5, 0.6) is 0 Å². The van der Waals surface area contributed by atoms with Crippen molar-refractivity contribution < 1.29 is 15.0 Å². The van der Waals surface area contributed by atoms with Gasteiger partial charge >= 0.3 is 0 Å². The number of rotatable bonds is 1. The third kappa shape index (κ3) is 1.83. The van der Waals surface area contributed by atoms with Gasteiger partial charge in [-0.1, -0.05) is 33.9 Å². The molecule has 0 aromatic carbocycles. The molecule has 2 fully saturated rings. The van der Waals surface area contributed by atoms with E-state index in [1.807, 2.05) is 0 Å². The van der Waals surface area contributed by atoms with Gasteiger partial charge in [0, 0.05) is 6.04 Å². The summed E-state index contributed by atoms with van der Waals surface area (Å²) in [6, 6.07) is 0.150. The predicted molar refractivity (Wildman–Crippen MR) is 72.6 cm³/mol. The lowest BCUT2D eigenvalue weighted by Gasteiger charge is -2.61. The second kappa shape index (κ2) is 4.05. The Bertz CT molecular complexity index is 364. The first-order valence-corrected chi connectivity index (χ1v) is 9.71. The number of carbonyl (C=O) groups excluding carboxylic acids is 1. The van der Waals surface area contributed by atoms with Crippen molar-refractivity contribution in [2.24, 2.45) is 5.92 Å². The molecule has 0 aromatic rings. The molecule has 0 bridgehead atoms. The Kier molecular flexibility index (Phi) is 3.15. The maximum absolute atomic E-state index is 12.3. The van der Waals surface area contributed by atoms with E-state index >= 15 is 0 Å².